The molecule has 1 unspecified atom stereocenters. The molecule has 0 radical (unpaired) electrons. The van der Waals surface area contributed by atoms with E-state index in [1.165, 1.54) is 0 Å². The van der Waals surface area contributed by atoms with E-state index in [9.17, 15) is 9.59 Å². The lowest BCUT2D eigenvalue weighted by molar-refractivity contribution is -0.128. The number of rotatable bonds is 5. The van der Waals surface area contributed by atoms with Gasteiger partial charge in [-0.3, -0.25) is 9.59 Å². The van der Waals surface area contributed by atoms with Crippen LogP contribution in [-0.2, 0) is 9.59 Å². The molecule has 0 spiro atoms. The number of nitrogens with one attached hydrogen (secondary N) is 2. The summed E-state index contributed by atoms with van der Waals surface area (Å²) in [5.74, 6) is -0.213. The third-order valence-electron chi connectivity index (χ3n) is 4.03. The normalized spacial score (nSPS) is 17.9. The van der Waals surface area contributed by atoms with Crippen molar-refractivity contribution in [3.05, 3.63) is 24.3 Å². The molecule has 2 N–H and O–H groups in total. The smallest absolute Gasteiger partial charge is 0.242 e. The molecule has 126 valence electrons. The molecular weight excluding hydrogens is 292 g/mol. The largest absolute Gasteiger partial charge is 0.376 e. The van der Waals surface area contributed by atoms with E-state index >= 15 is 0 Å². The van der Waals surface area contributed by atoms with Crippen molar-refractivity contribution in [1.29, 1.82) is 0 Å². The van der Waals surface area contributed by atoms with E-state index in [4.69, 9.17) is 0 Å². The van der Waals surface area contributed by atoms with Gasteiger partial charge in [0.2, 0.25) is 11.8 Å². The molecule has 0 aliphatic carbocycles. The Kier molecular flexibility index (Phi) is 5.84. The number of carbonyl (C=O) groups is 2. The summed E-state index contributed by atoms with van der Waals surface area (Å²) in [6.07, 6.45) is 2.62. The minimum absolute atomic E-state index is 0.0767. The molecule has 1 atom stereocenters. The fraction of sp³-hybridized carbons (Fsp3) is 0.529. The molecule has 2 rings (SSSR count). The van der Waals surface area contributed by atoms with Gasteiger partial charge in [0.25, 0.3) is 0 Å². The first kappa shape index (κ1) is 17.1. The Morgan fingerprint density at radius 2 is 1.91 bits per heavy atom. The van der Waals surface area contributed by atoms with Crippen molar-refractivity contribution in [2.24, 2.45) is 0 Å². The lowest BCUT2D eigenvalue weighted by atomic mass is 10.1. The van der Waals surface area contributed by atoms with E-state index in [1.807, 2.05) is 55.2 Å². The van der Waals surface area contributed by atoms with Crippen LogP contribution in [0.4, 0.5) is 11.4 Å². The Morgan fingerprint density at radius 3 is 2.61 bits per heavy atom. The predicted molar refractivity (Wildman–Crippen MR) is 92.8 cm³/mol. The van der Waals surface area contributed by atoms with Crippen LogP contribution in [0.5, 0.6) is 0 Å². The maximum Gasteiger partial charge on any atom is 0.242 e. The van der Waals surface area contributed by atoms with Gasteiger partial charge in [-0.15, -0.1) is 0 Å². The summed E-state index contributed by atoms with van der Waals surface area (Å²) in [6, 6.07) is 7.52. The van der Waals surface area contributed by atoms with Crippen LogP contribution in [0, 0.1) is 0 Å². The second-order valence-electron chi connectivity index (χ2n) is 6.15. The minimum atomic E-state index is -0.414. The first-order valence-corrected chi connectivity index (χ1v) is 8.03. The van der Waals surface area contributed by atoms with Gasteiger partial charge in [-0.25, -0.2) is 0 Å². The molecule has 0 aromatic heterocycles. The van der Waals surface area contributed by atoms with Crippen LogP contribution in [0.15, 0.2) is 24.3 Å². The summed E-state index contributed by atoms with van der Waals surface area (Å²) in [5, 5.41) is 5.69. The van der Waals surface area contributed by atoms with Crippen molar-refractivity contribution in [3.8, 4) is 0 Å². The summed E-state index contributed by atoms with van der Waals surface area (Å²) in [7, 11) is 5.83. The first-order chi connectivity index (χ1) is 11.0. The van der Waals surface area contributed by atoms with Gasteiger partial charge in [-0.05, 0) is 31.4 Å². The minimum Gasteiger partial charge on any atom is -0.376 e. The van der Waals surface area contributed by atoms with Crippen LogP contribution in [0.3, 0.4) is 0 Å². The SMILES string of the molecule is CN(C)c1ccccc1N(C)CC(=O)NC1CCCCNC1=O. The molecule has 2 amide bonds. The summed E-state index contributed by atoms with van der Waals surface area (Å²) >= 11 is 0. The fourth-order valence-electron chi connectivity index (χ4n) is 2.78. The molecule has 1 aliphatic rings. The summed E-state index contributed by atoms with van der Waals surface area (Å²) < 4.78 is 0. The van der Waals surface area contributed by atoms with E-state index < -0.39 is 6.04 Å². The van der Waals surface area contributed by atoms with Gasteiger partial charge in [0, 0.05) is 27.7 Å². The van der Waals surface area contributed by atoms with Crippen molar-refractivity contribution in [2.75, 3.05) is 44.0 Å². The number of benzene rings is 1. The quantitative estimate of drug-likeness (QED) is 0.849. The third kappa shape index (κ3) is 4.61. The van der Waals surface area contributed by atoms with Crippen LogP contribution >= 0.6 is 0 Å². The molecule has 1 aromatic carbocycles. The van der Waals surface area contributed by atoms with Gasteiger partial charge >= 0.3 is 0 Å². The van der Waals surface area contributed by atoms with E-state index in [2.05, 4.69) is 10.6 Å². The number of likely N-dealkylation sites (N-methyl/N-ethyl adjacent to an activating group) is 1. The number of para-hydroxylation sites is 2. The Hall–Kier alpha value is -2.24. The number of nitrogens with zero attached hydrogens (tertiary/aromatic N) is 2. The molecule has 1 aromatic rings. The Bertz CT molecular complexity index is 559. The molecule has 6 heteroatoms. The highest BCUT2D eigenvalue weighted by Gasteiger charge is 2.23. The molecule has 1 aliphatic heterocycles. The van der Waals surface area contributed by atoms with Gasteiger partial charge in [0.15, 0.2) is 0 Å². The van der Waals surface area contributed by atoms with Crippen LogP contribution in [0.1, 0.15) is 19.3 Å². The average molecular weight is 318 g/mol. The van der Waals surface area contributed by atoms with Crippen molar-refractivity contribution in [2.45, 2.75) is 25.3 Å². The molecule has 6 nitrogen and oxygen atoms in total. The van der Waals surface area contributed by atoms with E-state index in [1.54, 1.807) is 0 Å². The Balaban J connectivity index is 1.98. The lowest BCUT2D eigenvalue weighted by Crippen LogP contribution is -2.48. The summed E-state index contributed by atoms with van der Waals surface area (Å²) in [6.45, 7) is 0.913. The maximum atomic E-state index is 12.3. The van der Waals surface area contributed by atoms with Crippen molar-refractivity contribution < 1.29 is 9.59 Å². The zero-order chi connectivity index (χ0) is 16.8. The summed E-state index contributed by atoms with van der Waals surface area (Å²) in [5.41, 5.74) is 2.04. The zero-order valence-electron chi connectivity index (χ0n) is 14.1. The number of hydrogen-bond donors (Lipinski definition) is 2. The Labute approximate surface area is 137 Å². The van der Waals surface area contributed by atoms with Crippen LogP contribution in [0.2, 0.25) is 0 Å². The van der Waals surface area contributed by atoms with E-state index in [0.717, 1.165) is 24.2 Å². The van der Waals surface area contributed by atoms with Gasteiger partial charge in [-0.2, -0.15) is 0 Å². The number of amides is 2. The molecule has 0 saturated carbocycles. The molecular formula is C17H26N4O2. The highest BCUT2D eigenvalue weighted by atomic mass is 16.2. The second-order valence-corrected chi connectivity index (χ2v) is 6.15. The highest BCUT2D eigenvalue weighted by molar-refractivity contribution is 5.90. The molecule has 0 bridgehead atoms. The van der Waals surface area contributed by atoms with Crippen molar-refractivity contribution >= 4 is 23.2 Å². The molecule has 23 heavy (non-hydrogen) atoms. The number of anilines is 2. The van der Waals surface area contributed by atoms with Gasteiger partial charge < -0.3 is 20.4 Å². The van der Waals surface area contributed by atoms with Crippen molar-refractivity contribution in [3.63, 3.8) is 0 Å². The third-order valence-corrected chi connectivity index (χ3v) is 4.03. The monoisotopic (exact) mass is 318 g/mol. The standard InChI is InChI=1S/C17H26N4O2/c1-20(2)14-9-4-5-10-15(14)21(3)12-16(22)19-13-8-6-7-11-18-17(13)23/h4-5,9-10,13H,6-8,11-12H2,1-3H3,(H,18,23)(H,19,22). The second kappa shape index (κ2) is 7.85. The highest BCUT2D eigenvalue weighted by Crippen LogP contribution is 2.26. The van der Waals surface area contributed by atoms with Crippen molar-refractivity contribution in [1.82, 2.24) is 10.6 Å². The average Bonchev–Trinajstić information content (AvgIpc) is 2.72. The van der Waals surface area contributed by atoms with Crippen LogP contribution < -0.4 is 20.4 Å². The van der Waals surface area contributed by atoms with Gasteiger partial charge in [0.1, 0.15) is 6.04 Å². The molecule has 1 fully saturated rings. The molecule has 1 heterocycles. The Morgan fingerprint density at radius 1 is 1.22 bits per heavy atom. The van der Waals surface area contributed by atoms with Gasteiger partial charge in [-0.1, -0.05) is 12.1 Å². The van der Waals surface area contributed by atoms with E-state index in [0.29, 0.717) is 13.0 Å². The van der Waals surface area contributed by atoms with Crippen LogP contribution in [-0.4, -0.2) is 52.1 Å². The lowest BCUT2D eigenvalue weighted by Gasteiger charge is -2.26. The van der Waals surface area contributed by atoms with Crippen LogP contribution in [0.25, 0.3) is 0 Å². The first-order valence-electron chi connectivity index (χ1n) is 8.03. The topological polar surface area (TPSA) is 64.7 Å². The van der Waals surface area contributed by atoms with E-state index in [-0.39, 0.29) is 18.4 Å². The fourth-order valence-corrected chi connectivity index (χ4v) is 2.78. The van der Waals surface area contributed by atoms with Gasteiger partial charge in [0.05, 0.1) is 17.9 Å². The number of hydrogen-bond acceptors (Lipinski definition) is 4. The zero-order valence-corrected chi connectivity index (χ0v) is 14.1. The predicted octanol–water partition coefficient (Wildman–Crippen LogP) is 0.974. The maximum absolute atomic E-state index is 12.3. The summed E-state index contributed by atoms with van der Waals surface area (Å²) in [4.78, 5) is 28.1. The number of carbonyl (C=O) groups excluding carboxylic acids is 2. The molecule has 1 saturated heterocycles.